The van der Waals surface area contributed by atoms with E-state index in [0.717, 1.165) is 30.5 Å². The van der Waals surface area contributed by atoms with Gasteiger partial charge in [0, 0.05) is 40.6 Å². The van der Waals surface area contributed by atoms with Gasteiger partial charge in [0.1, 0.15) is 11.8 Å². The van der Waals surface area contributed by atoms with Gasteiger partial charge in [0.25, 0.3) is 11.1 Å². The molecule has 3 N–H and O–H groups in total. The number of nitrogens with zero attached hydrogens (tertiary/aromatic N) is 2. The maximum Gasteiger partial charge on any atom is 0.324 e. The molecule has 5 rings (SSSR count). The number of methoxy groups -OCH3 is 1. The van der Waals surface area contributed by atoms with Crippen molar-refractivity contribution in [3.8, 4) is 16.5 Å². The van der Waals surface area contributed by atoms with Crippen LogP contribution in [0.4, 0.5) is 5.69 Å². The van der Waals surface area contributed by atoms with Gasteiger partial charge in [0.05, 0.1) is 12.8 Å². The SMILES string of the molecule is COc1nc(-c2cccc(C(=O)N3c4ccccc4C(C(N)(CC=O)C(=O)O)C4CCCC43)c2)cs1. The molecule has 1 amide bonds. The Hall–Kier alpha value is -3.56. The van der Waals surface area contributed by atoms with E-state index in [0.29, 0.717) is 28.3 Å². The predicted molar refractivity (Wildman–Crippen MR) is 136 cm³/mol. The smallest absolute Gasteiger partial charge is 0.324 e. The van der Waals surface area contributed by atoms with E-state index in [2.05, 4.69) is 4.98 Å². The number of hydrogen-bond donors (Lipinski definition) is 2. The second-order valence-electron chi connectivity index (χ2n) is 9.37. The Labute approximate surface area is 212 Å². The van der Waals surface area contributed by atoms with E-state index in [1.165, 1.54) is 11.3 Å². The van der Waals surface area contributed by atoms with E-state index in [9.17, 15) is 19.5 Å². The van der Waals surface area contributed by atoms with Crippen LogP contribution in [-0.2, 0) is 9.59 Å². The molecule has 186 valence electrons. The van der Waals surface area contributed by atoms with Crippen molar-refractivity contribution in [1.29, 1.82) is 0 Å². The number of carboxylic acid groups (broad SMARTS) is 1. The third-order valence-corrected chi connectivity index (χ3v) is 8.28. The number of aromatic nitrogens is 1. The summed E-state index contributed by atoms with van der Waals surface area (Å²) in [6, 6.07) is 14.5. The van der Waals surface area contributed by atoms with E-state index < -0.39 is 17.4 Å². The fourth-order valence-corrected chi connectivity index (χ4v) is 6.55. The molecule has 2 heterocycles. The van der Waals surface area contributed by atoms with Gasteiger partial charge in [-0.25, -0.2) is 4.98 Å². The lowest BCUT2D eigenvalue weighted by Crippen LogP contribution is -2.60. The fourth-order valence-electron chi connectivity index (χ4n) is 5.90. The molecule has 8 nitrogen and oxygen atoms in total. The maximum absolute atomic E-state index is 14.0. The molecule has 1 aliphatic heterocycles. The van der Waals surface area contributed by atoms with Gasteiger partial charge >= 0.3 is 5.97 Å². The highest BCUT2D eigenvalue weighted by atomic mass is 32.1. The largest absolute Gasteiger partial charge is 0.480 e. The topological polar surface area (TPSA) is 123 Å². The highest BCUT2D eigenvalue weighted by Gasteiger charge is 2.55. The van der Waals surface area contributed by atoms with Crippen LogP contribution >= 0.6 is 11.3 Å². The Kier molecular flexibility index (Phi) is 6.36. The third kappa shape index (κ3) is 3.88. The fraction of sp³-hybridized carbons (Fsp3) is 0.333. The minimum atomic E-state index is -1.75. The lowest BCUT2D eigenvalue weighted by atomic mass is 9.66. The van der Waals surface area contributed by atoms with E-state index in [1.54, 1.807) is 13.2 Å². The number of aliphatic carboxylic acids is 1. The molecule has 0 radical (unpaired) electrons. The number of para-hydroxylation sites is 1. The summed E-state index contributed by atoms with van der Waals surface area (Å²) >= 11 is 1.39. The Morgan fingerprint density at radius 3 is 2.78 bits per heavy atom. The number of nitrogens with two attached hydrogens (primary N) is 1. The Morgan fingerprint density at radius 1 is 1.25 bits per heavy atom. The molecule has 0 saturated heterocycles. The number of fused-ring (bicyclic) bond motifs is 2. The highest BCUT2D eigenvalue weighted by molar-refractivity contribution is 7.11. The van der Waals surface area contributed by atoms with Crippen LogP contribution in [0.15, 0.2) is 53.9 Å². The van der Waals surface area contributed by atoms with Crippen molar-refractivity contribution >= 4 is 35.2 Å². The molecule has 1 aliphatic carbocycles. The average molecular weight is 506 g/mol. The first-order valence-electron chi connectivity index (χ1n) is 11.9. The van der Waals surface area contributed by atoms with Gasteiger partial charge in [0.15, 0.2) is 0 Å². The number of hydrogen-bond acceptors (Lipinski definition) is 7. The number of benzene rings is 2. The minimum Gasteiger partial charge on any atom is -0.480 e. The van der Waals surface area contributed by atoms with Crippen LogP contribution in [0.3, 0.4) is 0 Å². The van der Waals surface area contributed by atoms with Gasteiger partial charge in [-0.15, -0.1) is 0 Å². The van der Waals surface area contributed by atoms with Crippen LogP contribution in [0, 0.1) is 5.92 Å². The Bertz CT molecular complexity index is 1320. The zero-order valence-corrected chi connectivity index (χ0v) is 20.6. The van der Waals surface area contributed by atoms with E-state index in [1.807, 2.05) is 52.7 Å². The van der Waals surface area contributed by atoms with Gasteiger partial charge in [-0.05, 0) is 42.5 Å². The zero-order valence-electron chi connectivity index (χ0n) is 19.8. The van der Waals surface area contributed by atoms with Gasteiger partial charge in [-0.2, -0.15) is 0 Å². The van der Waals surface area contributed by atoms with Crippen LogP contribution in [0.5, 0.6) is 5.19 Å². The summed E-state index contributed by atoms with van der Waals surface area (Å²) < 4.78 is 5.21. The first-order valence-corrected chi connectivity index (χ1v) is 12.8. The second-order valence-corrected chi connectivity index (χ2v) is 10.2. The number of amides is 1. The second kappa shape index (κ2) is 9.48. The van der Waals surface area contributed by atoms with Crippen molar-refractivity contribution in [1.82, 2.24) is 4.98 Å². The quantitative estimate of drug-likeness (QED) is 0.464. The molecule has 1 aromatic heterocycles. The van der Waals surface area contributed by atoms with Crippen LogP contribution < -0.4 is 15.4 Å². The lowest BCUT2D eigenvalue weighted by Gasteiger charge is -2.48. The standard InChI is InChI=1S/C27H27N3O5S/c1-35-26-29-20(15-36-26)16-6-4-7-17(14-16)24(32)30-21-10-3-2-8-18(21)23(19-9-5-11-22(19)30)27(28,12-13-31)25(33)34/h2-4,6-8,10,13-15,19,22-23H,5,9,11-12,28H2,1H3,(H,33,34). The molecule has 1 saturated carbocycles. The Balaban J connectivity index is 1.59. The number of anilines is 1. The molecule has 2 aliphatic rings. The molecule has 3 aromatic rings. The lowest BCUT2D eigenvalue weighted by molar-refractivity contribution is -0.146. The number of rotatable bonds is 7. The maximum atomic E-state index is 14.0. The summed E-state index contributed by atoms with van der Waals surface area (Å²) in [7, 11) is 1.57. The summed E-state index contributed by atoms with van der Waals surface area (Å²) in [4.78, 5) is 44.1. The normalized spacial score (nSPS) is 22.3. The van der Waals surface area contributed by atoms with Crippen molar-refractivity contribution in [2.24, 2.45) is 11.7 Å². The van der Waals surface area contributed by atoms with E-state index >= 15 is 0 Å². The van der Waals surface area contributed by atoms with Crippen LogP contribution in [0.1, 0.15) is 47.5 Å². The highest BCUT2D eigenvalue weighted by Crippen LogP contribution is 2.53. The summed E-state index contributed by atoms with van der Waals surface area (Å²) in [6.07, 6.45) is 2.60. The van der Waals surface area contributed by atoms with Crippen LogP contribution in [0.25, 0.3) is 11.3 Å². The molecular formula is C27H27N3O5S. The summed E-state index contributed by atoms with van der Waals surface area (Å²) in [5.41, 5.74) is 8.13. The molecule has 0 spiro atoms. The van der Waals surface area contributed by atoms with Crippen LogP contribution in [-0.4, -0.2) is 46.9 Å². The monoisotopic (exact) mass is 505 g/mol. The number of thiazole rings is 1. The number of carbonyl (C=O) groups excluding carboxylic acids is 2. The minimum absolute atomic E-state index is 0.157. The molecule has 4 atom stereocenters. The van der Waals surface area contributed by atoms with Gasteiger partial charge < -0.3 is 25.3 Å². The van der Waals surface area contributed by atoms with E-state index in [4.69, 9.17) is 10.5 Å². The van der Waals surface area contributed by atoms with Crippen molar-refractivity contribution < 1.29 is 24.2 Å². The molecule has 4 unspecified atom stereocenters. The molecule has 0 bridgehead atoms. The van der Waals surface area contributed by atoms with Crippen molar-refractivity contribution in [3.63, 3.8) is 0 Å². The summed E-state index contributed by atoms with van der Waals surface area (Å²) in [5.74, 6) is -2.11. The molecule has 9 heteroatoms. The number of carboxylic acids is 1. The van der Waals surface area contributed by atoms with Crippen molar-refractivity contribution in [2.75, 3.05) is 12.0 Å². The van der Waals surface area contributed by atoms with Gasteiger partial charge in [-0.3, -0.25) is 9.59 Å². The zero-order chi connectivity index (χ0) is 25.4. The first kappa shape index (κ1) is 24.1. The average Bonchev–Trinajstić information content (AvgIpc) is 3.56. The van der Waals surface area contributed by atoms with Crippen LogP contribution in [0.2, 0.25) is 0 Å². The Morgan fingerprint density at radius 2 is 2.06 bits per heavy atom. The molecule has 36 heavy (non-hydrogen) atoms. The van der Waals surface area contributed by atoms with Gasteiger partial charge in [-0.1, -0.05) is 48.1 Å². The predicted octanol–water partition coefficient (Wildman–Crippen LogP) is 4.10. The van der Waals surface area contributed by atoms with Crippen molar-refractivity contribution in [3.05, 3.63) is 65.0 Å². The van der Waals surface area contributed by atoms with E-state index in [-0.39, 0.29) is 24.3 Å². The number of ether oxygens (including phenoxy) is 1. The molecule has 1 fully saturated rings. The van der Waals surface area contributed by atoms with Gasteiger partial charge in [0.2, 0.25) is 0 Å². The number of carbonyl (C=O) groups is 3. The molecule has 2 aromatic carbocycles. The third-order valence-electron chi connectivity index (χ3n) is 7.48. The summed E-state index contributed by atoms with van der Waals surface area (Å²) in [5, 5.41) is 12.5. The molecular weight excluding hydrogens is 478 g/mol. The summed E-state index contributed by atoms with van der Waals surface area (Å²) in [6.45, 7) is 0. The number of aldehydes is 1. The van der Waals surface area contributed by atoms with Crippen molar-refractivity contribution in [2.45, 2.75) is 43.2 Å². The first-order chi connectivity index (χ1) is 17.4.